The van der Waals surface area contributed by atoms with Crippen molar-refractivity contribution >= 4 is 34.5 Å². The van der Waals surface area contributed by atoms with Gasteiger partial charge in [-0.25, -0.2) is 4.98 Å². The van der Waals surface area contributed by atoms with Gasteiger partial charge in [0, 0.05) is 55.9 Å². The summed E-state index contributed by atoms with van der Waals surface area (Å²) >= 11 is 6.47. The largest absolute Gasteiger partial charge is 0.493 e. The van der Waals surface area contributed by atoms with Crippen molar-refractivity contribution in [2.24, 2.45) is 0 Å². The third-order valence-corrected chi connectivity index (χ3v) is 9.65. The molecule has 3 aromatic carbocycles. The number of likely N-dealkylation sites (N-methyl/N-ethyl adjacent to an activating group) is 1. The van der Waals surface area contributed by atoms with E-state index in [1.807, 2.05) is 49.6 Å². The number of benzene rings is 3. The third kappa shape index (κ3) is 7.98. The number of nitrogens with zero attached hydrogens (tertiary/aromatic N) is 6. The van der Waals surface area contributed by atoms with Gasteiger partial charge < -0.3 is 33.5 Å². The van der Waals surface area contributed by atoms with Crippen LogP contribution < -0.4 is 19.1 Å². The Kier molecular flexibility index (Phi) is 11.4. The fraction of sp³-hybridized carbons (Fsp3) is 0.359. The summed E-state index contributed by atoms with van der Waals surface area (Å²) < 4.78 is 18.8. The Balaban J connectivity index is 1.16. The molecule has 3 heterocycles. The third-order valence-electron chi connectivity index (χ3n) is 9.42. The van der Waals surface area contributed by atoms with Crippen molar-refractivity contribution in [3.8, 4) is 17.2 Å². The molecular formula is C39H45ClN6O4. The highest BCUT2D eigenvalue weighted by Crippen LogP contribution is 2.38. The molecule has 1 amide bonds. The number of fused-ring (bicyclic) bond motifs is 1. The zero-order valence-corrected chi connectivity index (χ0v) is 30.0. The second kappa shape index (κ2) is 16.3. The molecule has 0 aliphatic carbocycles. The van der Waals surface area contributed by atoms with Crippen LogP contribution in [0.4, 0.5) is 5.95 Å². The molecule has 50 heavy (non-hydrogen) atoms. The smallest absolute Gasteiger partial charge is 0.253 e. The van der Waals surface area contributed by atoms with Gasteiger partial charge in [-0.1, -0.05) is 41.9 Å². The van der Waals surface area contributed by atoms with E-state index in [1.54, 1.807) is 38.4 Å². The van der Waals surface area contributed by atoms with Gasteiger partial charge in [-0.3, -0.25) is 9.78 Å². The molecular weight excluding hydrogens is 652 g/mol. The van der Waals surface area contributed by atoms with E-state index in [0.717, 1.165) is 73.8 Å². The SMILES string of the molecule is COc1cc(C(=O)N(C)CC(CCN2CCCN(c3nc4ccccc4n3Cc3ccccn3)CC2)c2cccc(Cl)c2)cc(OC)c1OC. The number of methoxy groups -OCH3 is 3. The molecule has 1 aliphatic rings. The first-order valence-electron chi connectivity index (χ1n) is 17.0. The van der Waals surface area contributed by atoms with Gasteiger partial charge in [-0.2, -0.15) is 0 Å². The number of carbonyl (C=O) groups is 1. The number of ether oxygens (including phenoxy) is 3. The minimum atomic E-state index is -0.129. The average molecular weight is 697 g/mol. The lowest BCUT2D eigenvalue weighted by Gasteiger charge is -2.28. The van der Waals surface area contributed by atoms with Crippen molar-refractivity contribution in [1.82, 2.24) is 24.3 Å². The van der Waals surface area contributed by atoms with Crippen LogP contribution in [0.15, 0.2) is 85.1 Å². The van der Waals surface area contributed by atoms with E-state index in [1.165, 1.54) is 0 Å². The molecule has 10 nitrogen and oxygen atoms in total. The Morgan fingerprint density at radius 2 is 1.68 bits per heavy atom. The lowest BCUT2D eigenvalue weighted by molar-refractivity contribution is 0.0782. The maximum atomic E-state index is 13.8. The number of aromatic nitrogens is 3. The number of halogens is 1. The van der Waals surface area contributed by atoms with Crippen molar-refractivity contribution in [3.63, 3.8) is 0 Å². The molecule has 0 N–H and O–H groups in total. The topological polar surface area (TPSA) is 85.2 Å². The van der Waals surface area contributed by atoms with Gasteiger partial charge >= 0.3 is 0 Å². The Morgan fingerprint density at radius 3 is 2.40 bits per heavy atom. The maximum absolute atomic E-state index is 13.8. The Bertz CT molecular complexity index is 1880. The van der Waals surface area contributed by atoms with Crippen molar-refractivity contribution in [1.29, 1.82) is 0 Å². The van der Waals surface area contributed by atoms with Gasteiger partial charge in [0.25, 0.3) is 5.91 Å². The van der Waals surface area contributed by atoms with Gasteiger partial charge in [-0.05, 0) is 80.0 Å². The number of amides is 1. The summed E-state index contributed by atoms with van der Waals surface area (Å²) in [6.45, 7) is 5.77. The summed E-state index contributed by atoms with van der Waals surface area (Å²) in [6.07, 6.45) is 3.73. The van der Waals surface area contributed by atoms with Crippen molar-refractivity contribution in [3.05, 3.63) is 107 Å². The van der Waals surface area contributed by atoms with E-state index in [2.05, 4.69) is 49.7 Å². The lowest BCUT2D eigenvalue weighted by atomic mass is 9.94. The molecule has 0 saturated carbocycles. The molecule has 1 unspecified atom stereocenters. The van der Waals surface area contributed by atoms with Crippen LogP contribution in [0, 0.1) is 0 Å². The zero-order valence-electron chi connectivity index (χ0n) is 29.2. The molecule has 0 spiro atoms. The van der Waals surface area contributed by atoms with E-state index in [4.69, 9.17) is 30.8 Å². The van der Waals surface area contributed by atoms with Crippen LogP contribution in [0.1, 0.15) is 40.4 Å². The summed E-state index contributed by atoms with van der Waals surface area (Å²) in [7, 11) is 6.48. The van der Waals surface area contributed by atoms with Crippen LogP contribution in [0.25, 0.3) is 11.0 Å². The van der Waals surface area contributed by atoms with Gasteiger partial charge in [0.15, 0.2) is 11.5 Å². The molecule has 0 bridgehead atoms. The van der Waals surface area contributed by atoms with E-state index < -0.39 is 0 Å². The van der Waals surface area contributed by atoms with Gasteiger partial charge in [0.05, 0.1) is 44.6 Å². The highest BCUT2D eigenvalue weighted by molar-refractivity contribution is 6.30. The Labute approximate surface area is 299 Å². The summed E-state index contributed by atoms with van der Waals surface area (Å²) in [5.74, 6) is 2.27. The van der Waals surface area contributed by atoms with Crippen molar-refractivity contribution in [2.75, 3.05) is 72.5 Å². The Hall–Kier alpha value is -4.80. The summed E-state index contributed by atoms with van der Waals surface area (Å²) in [6, 6.07) is 25.7. The zero-order chi connectivity index (χ0) is 35.0. The highest BCUT2D eigenvalue weighted by atomic mass is 35.5. The van der Waals surface area contributed by atoms with E-state index in [9.17, 15) is 4.79 Å². The molecule has 0 radical (unpaired) electrons. The average Bonchev–Trinajstić information content (AvgIpc) is 3.33. The first-order chi connectivity index (χ1) is 24.4. The second-order valence-electron chi connectivity index (χ2n) is 12.6. The van der Waals surface area contributed by atoms with Crippen LogP contribution >= 0.6 is 11.6 Å². The maximum Gasteiger partial charge on any atom is 0.253 e. The monoisotopic (exact) mass is 696 g/mol. The molecule has 1 atom stereocenters. The predicted molar refractivity (Wildman–Crippen MR) is 198 cm³/mol. The minimum Gasteiger partial charge on any atom is -0.493 e. The lowest BCUT2D eigenvalue weighted by Crippen LogP contribution is -2.35. The number of anilines is 1. The number of hydrogen-bond acceptors (Lipinski definition) is 8. The standard InChI is InChI=1S/C39H45ClN6O4/c1-43(38(47)30-24-35(48-2)37(50-4)36(25-30)49-3)26-29(28-11-9-12-31(40)23-28)16-20-44-18-10-19-45(22-21-44)39-42-33-14-5-6-15-34(33)46(39)27-32-13-7-8-17-41-32/h5-9,11-15,17,23-25,29H,10,16,18-22,26-27H2,1-4H3. The van der Waals surface area contributed by atoms with E-state index >= 15 is 0 Å². The predicted octanol–water partition coefficient (Wildman–Crippen LogP) is 6.62. The molecule has 5 aromatic rings. The quantitative estimate of drug-likeness (QED) is 0.136. The van der Waals surface area contributed by atoms with Gasteiger partial charge in [-0.15, -0.1) is 0 Å². The number of rotatable bonds is 13. The van der Waals surface area contributed by atoms with E-state index in [0.29, 0.717) is 40.9 Å². The van der Waals surface area contributed by atoms with E-state index in [-0.39, 0.29) is 11.8 Å². The molecule has 1 fully saturated rings. The summed E-state index contributed by atoms with van der Waals surface area (Å²) in [4.78, 5) is 30.2. The number of hydrogen-bond donors (Lipinski definition) is 0. The number of para-hydroxylation sites is 2. The van der Waals surface area contributed by atoms with Crippen LogP contribution in [-0.4, -0.2) is 97.9 Å². The first-order valence-corrected chi connectivity index (χ1v) is 17.4. The van der Waals surface area contributed by atoms with Crippen LogP contribution in [0.2, 0.25) is 5.02 Å². The number of imidazole rings is 1. The first kappa shape index (κ1) is 35.0. The molecule has 2 aromatic heterocycles. The molecule has 11 heteroatoms. The normalized spacial score (nSPS) is 14.3. The fourth-order valence-electron chi connectivity index (χ4n) is 6.81. The summed E-state index contributed by atoms with van der Waals surface area (Å²) in [5.41, 5.74) is 4.70. The number of carbonyl (C=O) groups excluding carboxylic acids is 1. The second-order valence-corrected chi connectivity index (χ2v) is 13.1. The van der Waals surface area contributed by atoms with Crippen LogP contribution in [0.5, 0.6) is 17.2 Å². The van der Waals surface area contributed by atoms with Crippen LogP contribution in [0.3, 0.4) is 0 Å². The molecule has 1 saturated heterocycles. The van der Waals surface area contributed by atoms with Gasteiger partial charge in [0.2, 0.25) is 11.7 Å². The fourth-order valence-corrected chi connectivity index (χ4v) is 7.01. The van der Waals surface area contributed by atoms with Crippen molar-refractivity contribution < 1.29 is 19.0 Å². The molecule has 6 rings (SSSR count). The number of pyridine rings is 1. The van der Waals surface area contributed by atoms with Gasteiger partial charge in [0.1, 0.15) is 0 Å². The summed E-state index contributed by atoms with van der Waals surface area (Å²) in [5, 5.41) is 0.685. The van der Waals surface area contributed by atoms with Crippen molar-refractivity contribution in [2.45, 2.75) is 25.3 Å². The molecule has 262 valence electrons. The molecule has 1 aliphatic heterocycles. The Morgan fingerprint density at radius 1 is 0.900 bits per heavy atom. The highest BCUT2D eigenvalue weighted by Gasteiger charge is 2.25. The minimum absolute atomic E-state index is 0.0756. The van der Waals surface area contributed by atoms with Crippen LogP contribution in [-0.2, 0) is 6.54 Å².